The third-order valence-electron chi connectivity index (χ3n) is 3.03. The predicted octanol–water partition coefficient (Wildman–Crippen LogP) is 2.33. The third-order valence-corrected chi connectivity index (χ3v) is 3.69. The van der Waals surface area contributed by atoms with Crippen molar-refractivity contribution in [2.45, 2.75) is 6.54 Å². The Kier molecular flexibility index (Phi) is 3.56. The number of hydrogen-bond acceptors (Lipinski definition) is 5. The molecule has 0 saturated carbocycles. The van der Waals surface area contributed by atoms with Gasteiger partial charge in [-0.15, -0.1) is 0 Å². The van der Waals surface area contributed by atoms with Crippen LogP contribution in [0.15, 0.2) is 52.7 Å². The molecule has 102 valence electrons. The minimum atomic E-state index is 0.240. The minimum absolute atomic E-state index is 0.240. The number of nitrogens with zero attached hydrogens (tertiary/aromatic N) is 2. The maximum atomic E-state index is 9.93. The number of aliphatic hydroxyl groups excluding tert-OH is 1. The first-order valence-corrected chi connectivity index (χ1v) is 6.98. The molecule has 0 spiro atoms. The van der Waals surface area contributed by atoms with Crippen LogP contribution in [0.5, 0.6) is 0 Å². The molecule has 1 aromatic carbocycles. The summed E-state index contributed by atoms with van der Waals surface area (Å²) in [4.78, 5) is 8.52. The van der Waals surface area contributed by atoms with Crippen LogP contribution in [0.3, 0.4) is 0 Å². The van der Waals surface area contributed by atoms with Crippen LogP contribution in [0.2, 0.25) is 0 Å². The van der Waals surface area contributed by atoms with Crippen LogP contribution in [-0.2, 0) is 6.54 Å². The molecule has 0 bridgehead atoms. The zero-order valence-corrected chi connectivity index (χ0v) is 12.2. The summed E-state index contributed by atoms with van der Waals surface area (Å²) in [5.74, 6) is 0.240. The number of aliphatic hydroxyl groups is 1. The monoisotopic (exact) mass is 332 g/mol. The molecule has 0 atom stereocenters. The fourth-order valence-electron chi connectivity index (χ4n) is 1.99. The number of fused-ring (bicyclic) bond motifs is 1. The van der Waals surface area contributed by atoms with Gasteiger partial charge in [0.05, 0.1) is 21.2 Å². The van der Waals surface area contributed by atoms with Gasteiger partial charge in [-0.25, -0.2) is 0 Å². The van der Waals surface area contributed by atoms with Crippen molar-refractivity contribution in [3.05, 3.63) is 58.3 Å². The summed E-state index contributed by atoms with van der Waals surface area (Å²) < 4.78 is 0.742. The van der Waals surface area contributed by atoms with Crippen molar-refractivity contribution in [1.82, 2.24) is 20.6 Å². The molecule has 0 aliphatic carbocycles. The molecule has 0 fully saturated rings. The van der Waals surface area contributed by atoms with Gasteiger partial charge in [-0.3, -0.25) is 9.97 Å². The lowest BCUT2D eigenvalue weighted by Gasteiger charge is -2.17. The molecule has 1 aliphatic rings. The third kappa shape index (κ3) is 2.60. The normalized spacial score (nSPS) is 14.9. The fraction of sp³-hybridized carbons (Fsp3) is 0.143. The smallest absolute Gasteiger partial charge is 0.152 e. The van der Waals surface area contributed by atoms with Crippen molar-refractivity contribution in [2.24, 2.45) is 0 Å². The van der Waals surface area contributed by atoms with Gasteiger partial charge in [-0.2, -0.15) is 0 Å². The lowest BCUT2D eigenvalue weighted by molar-refractivity contribution is 0.405. The first-order chi connectivity index (χ1) is 9.74. The van der Waals surface area contributed by atoms with E-state index >= 15 is 0 Å². The molecule has 6 heteroatoms. The summed E-state index contributed by atoms with van der Waals surface area (Å²) in [6, 6.07) is 5.93. The van der Waals surface area contributed by atoms with Crippen LogP contribution in [0.4, 0.5) is 0 Å². The largest absolute Gasteiger partial charge is 0.505 e. The average molecular weight is 333 g/mol. The van der Waals surface area contributed by atoms with Gasteiger partial charge < -0.3 is 15.7 Å². The summed E-state index contributed by atoms with van der Waals surface area (Å²) in [5.41, 5.74) is 3.49. The van der Waals surface area contributed by atoms with Crippen molar-refractivity contribution in [3.8, 4) is 0 Å². The molecule has 2 heterocycles. The van der Waals surface area contributed by atoms with Crippen molar-refractivity contribution >= 4 is 27.0 Å². The van der Waals surface area contributed by atoms with E-state index in [4.69, 9.17) is 0 Å². The second-order valence-corrected chi connectivity index (χ2v) is 5.38. The molecule has 0 amide bonds. The van der Waals surface area contributed by atoms with Crippen molar-refractivity contribution < 1.29 is 5.11 Å². The lowest BCUT2D eigenvalue weighted by atomic mass is 10.2. The van der Waals surface area contributed by atoms with E-state index in [0.717, 1.165) is 21.1 Å². The Balaban J connectivity index is 1.76. The van der Waals surface area contributed by atoms with Crippen molar-refractivity contribution in [3.63, 3.8) is 0 Å². The number of hydrogen-bond donors (Lipinski definition) is 3. The predicted molar refractivity (Wildman–Crippen MR) is 81.0 cm³/mol. The SMILES string of the molecule is OC1=C(Br)CNC=C1NCc1ccc2nccnc2c1. The number of aromatic nitrogens is 2. The van der Waals surface area contributed by atoms with Crippen LogP contribution in [0, 0.1) is 0 Å². The van der Waals surface area contributed by atoms with E-state index in [1.54, 1.807) is 18.6 Å². The highest BCUT2D eigenvalue weighted by atomic mass is 79.9. The zero-order valence-electron chi connectivity index (χ0n) is 10.6. The molecule has 1 aromatic heterocycles. The Morgan fingerprint density at radius 2 is 2.05 bits per heavy atom. The summed E-state index contributed by atoms with van der Waals surface area (Å²) in [6.45, 7) is 1.20. The molecule has 0 unspecified atom stereocenters. The number of nitrogens with one attached hydrogen (secondary N) is 2. The van der Waals surface area contributed by atoms with Gasteiger partial charge in [-0.05, 0) is 33.6 Å². The Morgan fingerprint density at radius 3 is 2.90 bits per heavy atom. The van der Waals surface area contributed by atoms with E-state index in [9.17, 15) is 5.11 Å². The molecule has 3 N–H and O–H groups in total. The molecular weight excluding hydrogens is 320 g/mol. The Bertz CT molecular complexity index is 711. The van der Waals surface area contributed by atoms with Crippen LogP contribution in [0.25, 0.3) is 11.0 Å². The first kappa shape index (κ1) is 12.9. The van der Waals surface area contributed by atoms with Gasteiger partial charge in [0, 0.05) is 31.7 Å². The van der Waals surface area contributed by atoms with Gasteiger partial charge in [0.15, 0.2) is 5.76 Å². The average Bonchev–Trinajstić information content (AvgIpc) is 2.48. The van der Waals surface area contributed by atoms with Crippen LogP contribution in [0.1, 0.15) is 5.56 Å². The number of halogens is 1. The highest BCUT2D eigenvalue weighted by Crippen LogP contribution is 2.18. The quantitative estimate of drug-likeness (QED) is 0.804. The molecule has 1 aliphatic heterocycles. The fourth-order valence-corrected chi connectivity index (χ4v) is 2.37. The van der Waals surface area contributed by atoms with E-state index < -0.39 is 0 Å². The highest BCUT2D eigenvalue weighted by molar-refractivity contribution is 9.11. The Hall–Kier alpha value is -2.08. The summed E-state index contributed by atoms with van der Waals surface area (Å²) >= 11 is 3.32. The first-order valence-electron chi connectivity index (χ1n) is 6.19. The second-order valence-electron chi connectivity index (χ2n) is 4.43. The van der Waals surface area contributed by atoms with Gasteiger partial charge in [0.1, 0.15) is 0 Å². The number of dihydropyridines is 1. The molecule has 5 nitrogen and oxygen atoms in total. The van der Waals surface area contributed by atoms with Crippen LogP contribution in [-0.4, -0.2) is 21.6 Å². The zero-order chi connectivity index (χ0) is 13.9. The lowest BCUT2D eigenvalue weighted by Crippen LogP contribution is -2.24. The maximum Gasteiger partial charge on any atom is 0.152 e. The standard InChI is InChI=1S/C14H13BrN4O/c15-10-7-16-8-13(14(10)20)19-6-9-1-2-11-12(5-9)18-4-3-17-11/h1-5,8,16,19-20H,6-7H2. The number of benzene rings is 1. The van der Waals surface area contributed by atoms with E-state index in [0.29, 0.717) is 18.8 Å². The molecule has 3 rings (SSSR count). The van der Waals surface area contributed by atoms with Crippen LogP contribution >= 0.6 is 15.9 Å². The molecule has 0 radical (unpaired) electrons. The van der Waals surface area contributed by atoms with E-state index in [1.807, 2.05) is 18.2 Å². The summed E-state index contributed by atoms with van der Waals surface area (Å²) in [7, 11) is 0. The van der Waals surface area contributed by atoms with Gasteiger partial charge >= 0.3 is 0 Å². The molecule has 20 heavy (non-hydrogen) atoms. The van der Waals surface area contributed by atoms with E-state index in [1.165, 1.54) is 0 Å². The molecule has 0 saturated heterocycles. The maximum absolute atomic E-state index is 9.93. The topological polar surface area (TPSA) is 70.1 Å². The number of rotatable bonds is 3. The van der Waals surface area contributed by atoms with E-state index in [-0.39, 0.29) is 5.76 Å². The van der Waals surface area contributed by atoms with Crippen LogP contribution < -0.4 is 10.6 Å². The van der Waals surface area contributed by atoms with Gasteiger partial charge in [0.25, 0.3) is 0 Å². The van der Waals surface area contributed by atoms with Crippen molar-refractivity contribution in [1.29, 1.82) is 0 Å². The summed E-state index contributed by atoms with van der Waals surface area (Å²) in [6.07, 6.45) is 5.12. The summed E-state index contributed by atoms with van der Waals surface area (Å²) in [5, 5.41) is 16.2. The van der Waals surface area contributed by atoms with E-state index in [2.05, 4.69) is 36.5 Å². The second kappa shape index (κ2) is 5.50. The van der Waals surface area contributed by atoms with Gasteiger partial charge in [0.2, 0.25) is 0 Å². The Morgan fingerprint density at radius 1 is 1.25 bits per heavy atom. The minimum Gasteiger partial charge on any atom is -0.505 e. The molecular formula is C14H13BrN4O. The Labute approximate surface area is 124 Å². The highest BCUT2D eigenvalue weighted by Gasteiger charge is 2.12. The van der Waals surface area contributed by atoms with Gasteiger partial charge in [-0.1, -0.05) is 6.07 Å². The molecule has 2 aromatic rings. The van der Waals surface area contributed by atoms with Crippen molar-refractivity contribution in [2.75, 3.05) is 6.54 Å².